The van der Waals surface area contributed by atoms with Crippen LogP contribution in [0.25, 0.3) is 0 Å². The summed E-state index contributed by atoms with van der Waals surface area (Å²) in [7, 11) is -9.79. The first-order chi connectivity index (χ1) is 54.2. The number of phosphoric ester groups is 2. The summed E-state index contributed by atoms with van der Waals surface area (Å²) < 4.78 is 61.4. The molecule has 0 aliphatic heterocycles. The van der Waals surface area contributed by atoms with E-state index in [0.717, 1.165) is 116 Å². The number of hydrogen-bond donors (Lipinski definition) is 4. The van der Waals surface area contributed by atoms with Crippen LogP contribution in [0.2, 0.25) is 0 Å². The minimum atomic E-state index is -4.93. The lowest BCUT2D eigenvalue weighted by Gasteiger charge is -2.21. The summed E-state index contributed by atoms with van der Waals surface area (Å²) in [4.78, 5) is 58.9. The summed E-state index contributed by atoms with van der Waals surface area (Å²) in [6, 6.07) is 0. The van der Waals surface area contributed by atoms with Crippen LogP contribution in [0.1, 0.15) is 419 Å². The molecule has 0 fully saturated rings. The molecule has 4 N–H and O–H groups in total. The number of phosphoric acid groups is 2. The molecule has 0 aliphatic carbocycles. The minimum Gasteiger partial charge on any atom is -0.463 e. The van der Waals surface area contributed by atoms with Crippen molar-refractivity contribution in [1.29, 1.82) is 0 Å². The number of unbranched alkanes of at least 4 members (excludes halogenated alkanes) is 48. The highest BCUT2D eigenvalue weighted by molar-refractivity contribution is 7.47. The summed E-state index contributed by atoms with van der Waals surface area (Å²) in [5, 5.41) is 20.7. The number of rotatable bonds is 87. The Morgan fingerprint density at radius 3 is 0.730 bits per heavy atom. The molecule has 0 aromatic rings. The standard InChI is InChI=1S/C93H168O16P2/c1-4-7-10-13-16-19-22-25-28-30-32-34-36-38-39-40-41-42-43-44-45-46-47-49-51-52-54-56-59-61-64-67-70-73-76-79-91(96)103-82-88(94)83-105-110(99,100)106-84-89(95)85-107-111(101,102)108-87-90(109-93(98)81-78-75-72-69-66-63-58-27-24-21-18-15-12-9-6-3)86-104-92(97)80-77-74-71-68-65-62-60-57-55-53-50-48-37-35-33-31-29-26-23-20-17-14-11-8-5-2/h16-17,19-20,25-26,28-29,32-35,38-39,48,50,88-90,94-95H,4-15,18,21-24,27,30-31,36-37,40-47,49,51-87H2,1-3H3,(H,99,100)(H,101,102)/b19-16-,20-17-,28-25-,29-26-,34-32-,35-33-,39-38-,50-48-. The third kappa shape index (κ3) is 87.2. The summed E-state index contributed by atoms with van der Waals surface area (Å²) in [5.41, 5.74) is 0. The molecule has 16 nitrogen and oxygen atoms in total. The van der Waals surface area contributed by atoms with Crippen LogP contribution in [0, 0.1) is 0 Å². The van der Waals surface area contributed by atoms with Gasteiger partial charge in [-0.15, -0.1) is 0 Å². The smallest absolute Gasteiger partial charge is 0.463 e. The average molecular weight is 1600 g/mol. The minimum absolute atomic E-state index is 0.108. The largest absolute Gasteiger partial charge is 0.472 e. The van der Waals surface area contributed by atoms with E-state index >= 15 is 0 Å². The molecule has 0 radical (unpaired) electrons. The Bertz CT molecular complexity index is 2400. The molecular formula is C93H168O16P2. The van der Waals surface area contributed by atoms with Crippen molar-refractivity contribution < 1.29 is 75.8 Å². The third-order valence-electron chi connectivity index (χ3n) is 19.8. The number of esters is 3. The van der Waals surface area contributed by atoms with Crippen molar-refractivity contribution in [3.63, 3.8) is 0 Å². The third-order valence-corrected chi connectivity index (χ3v) is 21.7. The molecule has 111 heavy (non-hydrogen) atoms. The van der Waals surface area contributed by atoms with Crippen LogP contribution in [0.3, 0.4) is 0 Å². The van der Waals surface area contributed by atoms with Crippen LogP contribution in [-0.4, -0.2) is 95.9 Å². The van der Waals surface area contributed by atoms with Gasteiger partial charge in [0, 0.05) is 19.3 Å². The van der Waals surface area contributed by atoms with Gasteiger partial charge >= 0.3 is 33.6 Å². The topological polar surface area (TPSA) is 231 Å². The fraction of sp³-hybridized carbons (Fsp3) is 0.796. The Morgan fingerprint density at radius 1 is 0.252 bits per heavy atom. The molecule has 18 heteroatoms. The molecule has 5 unspecified atom stereocenters. The van der Waals surface area contributed by atoms with Crippen LogP contribution < -0.4 is 0 Å². The summed E-state index contributed by atoms with van der Waals surface area (Å²) in [6.07, 6.45) is 102. The molecule has 0 rings (SSSR count). The second-order valence-electron chi connectivity index (χ2n) is 30.8. The van der Waals surface area contributed by atoms with E-state index in [4.69, 9.17) is 32.3 Å². The monoisotopic (exact) mass is 1600 g/mol. The van der Waals surface area contributed by atoms with E-state index in [1.54, 1.807) is 0 Å². The lowest BCUT2D eigenvalue weighted by Crippen LogP contribution is -2.30. The van der Waals surface area contributed by atoms with E-state index in [9.17, 15) is 43.5 Å². The fourth-order valence-electron chi connectivity index (χ4n) is 12.8. The lowest BCUT2D eigenvalue weighted by molar-refractivity contribution is -0.161. The predicted molar refractivity (Wildman–Crippen MR) is 464 cm³/mol. The number of aliphatic hydroxyl groups is 2. The van der Waals surface area contributed by atoms with E-state index in [1.807, 2.05) is 0 Å². The van der Waals surface area contributed by atoms with Crippen molar-refractivity contribution in [3.05, 3.63) is 97.2 Å². The zero-order chi connectivity index (χ0) is 80.8. The van der Waals surface area contributed by atoms with Gasteiger partial charge in [-0.3, -0.25) is 32.5 Å². The van der Waals surface area contributed by atoms with E-state index in [-0.39, 0.29) is 19.3 Å². The first-order valence-corrected chi connectivity index (χ1v) is 48.5. The van der Waals surface area contributed by atoms with Crippen molar-refractivity contribution in [2.75, 3.05) is 39.6 Å². The van der Waals surface area contributed by atoms with Gasteiger partial charge in [0.2, 0.25) is 0 Å². The molecule has 646 valence electrons. The van der Waals surface area contributed by atoms with Crippen molar-refractivity contribution in [1.82, 2.24) is 0 Å². The van der Waals surface area contributed by atoms with Crippen molar-refractivity contribution in [3.8, 4) is 0 Å². The van der Waals surface area contributed by atoms with Gasteiger partial charge in [-0.2, -0.15) is 0 Å². The Hall–Kier alpha value is -3.53. The van der Waals surface area contributed by atoms with Gasteiger partial charge in [0.25, 0.3) is 0 Å². The van der Waals surface area contributed by atoms with Gasteiger partial charge < -0.3 is 34.2 Å². The van der Waals surface area contributed by atoms with Gasteiger partial charge in [-0.1, -0.05) is 388 Å². The molecule has 0 aromatic heterocycles. The molecule has 0 aliphatic rings. The van der Waals surface area contributed by atoms with Crippen LogP contribution >= 0.6 is 15.6 Å². The predicted octanol–water partition coefficient (Wildman–Crippen LogP) is 27.7. The van der Waals surface area contributed by atoms with Crippen LogP contribution in [0.15, 0.2) is 97.2 Å². The Morgan fingerprint density at radius 2 is 0.450 bits per heavy atom. The lowest BCUT2D eigenvalue weighted by atomic mass is 10.0. The quantitative estimate of drug-likeness (QED) is 0.0146. The van der Waals surface area contributed by atoms with Gasteiger partial charge in [-0.05, 0) is 109 Å². The zero-order valence-corrected chi connectivity index (χ0v) is 72.9. The van der Waals surface area contributed by atoms with E-state index < -0.39 is 91.5 Å². The molecule has 0 saturated carbocycles. The van der Waals surface area contributed by atoms with Gasteiger partial charge in [0.1, 0.15) is 25.4 Å². The highest BCUT2D eigenvalue weighted by Crippen LogP contribution is 2.45. The van der Waals surface area contributed by atoms with Gasteiger partial charge in [-0.25, -0.2) is 9.13 Å². The van der Waals surface area contributed by atoms with Crippen molar-refractivity contribution in [2.45, 2.75) is 437 Å². The van der Waals surface area contributed by atoms with E-state index in [1.165, 1.54) is 244 Å². The number of carbonyl (C=O) groups is 3. The number of carbonyl (C=O) groups excluding carboxylic acids is 3. The molecule has 0 saturated heterocycles. The number of aliphatic hydroxyl groups excluding tert-OH is 2. The molecular weight excluding hydrogens is 1430 g/mol. The van der Waals surface area contributed by atoms with Crippen LogP contribution in [0.5, 0.6) is 0 Å². The maximum Gasteiger partial charge on any atom is 0.472 e. The first-order valence-electron chi connectivity index (χ1n) is 45.5. The van der Waals surface area contributed by atoms with Crippen LogP contribution in [0.4, 0.5) is 0 Å². The summed E-state index contributed by atoms with van der Waals surface area (Å²) in [5.74, 6) is -1.56. The van der Waals surface area contributed by atoms with Crippen LogP contribution in [-0.2, 0) is 55.8 Å². The first kappa shape index (κ1) is 107. The number of ether oxygens (including phenoxy) is 3. The SMILES string of the molecule is CCCCC/C=C\C/C=C\C/C=C\C/C=C\CCCCCCCCCCCCCCCCCCCCCC(=O)OCC(O)COP(=O)(O)OCC(O)COP(=O)(O)OCC(COC(=O)CCCCCCCCCCC/C=C\C/C=C\C/C=C\C/C=C\CCCCC)OC(=O)CCCCCCCCCCCCCCCCC. The molecule has 0 aromatic carbocycles. The molecule has 0 bridgehead atoms. The van der Waals surface area contributed by atoms with E-state index in [2.05, 4.69) is 118 Å². The Labute approximate surface area is 679 Å². The second-order valence-corrected chi connectivity index (χ2v) is 33.7. The molecule has 5 atom stereocenters. The zero-order valence-electron chi connectivity index (χ0n) is 71.1. The summed E-state index contributed by atoms with van der Waals surface area (Å²) >= 11 is 0. The van der Waals surface area contributed by atoms with Crippen molar-refractivity contribution in [2.24, 2.45) is 0 Å². The highest BCUT2D eigenvalue weighted by atomic mass is 31.2. The second kappa shape index (κ2) is 85.8. The normalized spacial score (nSPS) is 14.3. The average Bonchev–Trinajstić information content (AvgIpc) is 0.901. The maximum absolute atomic E-state index is 13.0. The number of allylic oxidation sites excluding steroid dienone is 16. The summed E-state index contributed by atoms with van der Waals surface area (Å²) in [6.45, 7) is 2.70. The number of hydrogen-bond acceptors (Lipinski definition) is 14. The molecule has 0 spiro atoms. The van der Waals surface area contributed by atoms with E-state index in [0.29, 0.717) is 19.3 Å². The highest BCUT2D eigenvalue weighted by Gasteiger charge is 2.29. The molecule has 0 amide bonds. The maximum atomic E-state index is 13.0. The van der Waals surface area contributed by atoms with Gasteiger partial charge in [0.15, 0.2) is 6.10 Å². The van der Waals surface area contributed by atoms with Crippen molar-refractivity contribution >= 4 is 33.6 Å². The van der Waals surface area contributed by atoms with Gasteiger partial charge in [0.05, 0.1) is 26.4 Å². The Kier molecular flexibility index (Phi) is 83.1. The molecule has 0 heterocycles. The Balaban J connectivity index is 4.41. The fourth-order valence-corrected chi connectivity index (χ4v) is 14.4.